The summed E-state index contributed by atoms with van der Waals surface area (Å²) >= 11 is 0. The summed E-state index contributed by atoms with van der Waals surface area (Å²) < 4.78 is 10.6. The second-order valence-electron chi connectivity index (χ2n) is 5.00. The molecule has 0 spiro atoms. The van der Waals surface area contributed by atoms with Gasteiger partial charge in [0.25, 0.3) is 0 Å². The topological polar surface area (TPSA) is 42.1 Å². The number of carbonyl (C=O) groups excluding carboxylic acids is 1. The molecule has 2 aromatic rings. The van der Waals surface area contributed by atoms with E-state index in [9.17, 15) is 4.79 Å². The van der Waals surface area contributed by atoms with E-state index in [1.54, 1.807) is 17.0 Å². The Hall–Kier alpha value is -2.33. The Balaban J connectivity index is 1.67. The predicted molar refractivity (Wildman–Crippen MR) is 79.1 cm³/mol. The van der Waals surface area contributed by atoms with Crippen LogP contribution in [0.2, 0.25) is 0 Å². The Kier molecular flexibility index (Phi) is 4.17. The Bertz CT molecular complexity index is 581. The fraction of sp³-hybridized carbons (Fsp3) is 0.235. The van der Waals surface area contributed by atoms with Crippen molar-refractivity contribution in [1.29, 1.82) is 0 Å². The average molecular weight is 283 g/mol. The summed E-state index contributed by atoms with van der Waals surface area (Å²) in [5, 5.41) is 0. The van der Waals surface area contributed by atoms with E-state index in [4.69, 9.17) is 9.47 Å². The van der Waals surface area contributed by atoms with Crippen molar-refractivity contribution in [2.24, 2.45) is 0 Å². The molecule has 4 heteroatoms. The third-order valence-electron chi connectivity index (χ3n) is 3.25. The molecule has 3 rings (SSSR count). The molecule has 0 radical (unpaired) electrons. The molecule has 2 aromatic carbocycles. The molecule has 108 valence electrons. The summed E-state index contributed by atoms with van der Waals surface area (Å²) in [5.74, 6) is 0.553. The first kappa shape index (κ1) is 13.6. The van der Waals surface area contributed by atoms with Gasteiger partial charge in [-0.25, -0.2) is 4.79 Å². The van der Waals surface area contributed by atoms with Crippen LogP contribution in [0.25, 0.3) is 0 Å². The van der Waals surface area contributed by atoms with E-state index >= 15 is 0 Å². The van der Waals surface area contributed by atoms with E-state index in [1.165, 1.54) is 0 Å². The highest BCUT2D eigenvalue weighted by Crippen LogP contribution is 2.16. The van der Waals surface area contributed by atoms with Gasteiger partial charge in [0.15, 0.2) is 0 Å². The zero-order chi connectivity index (χ0) is 14.5. The van der Waals surface area contributed by atoms with Gasteiger partial charge in [-0.2, -0.15) is 0 Å². The van der Waals surface area contributed by atoms with E-state index in [2.05, 4.69) is 0 Å². The monoisotopic (exact) mass is 283 g/mol. The third-order valence-corrected chi connectivity index (χ3v) is 3.25. The predicted octanol–water partition coefficient (Wildman–Crippen LogP) is 3.09. The Morgan fingerprint density at radius 3 is 2.33 bits per heavy atom. The Labute approximate surface area is 123 Å². The molecule has 4 nitrogen and oxygen atoms in total. The minimum absolute atomic E-state index is 0.136. The standard InChI is InChI=1S/C17H17NO3/c19-17(21-15-9-5-2-6-10-15)18(12-16-13-20-16)11-14-7-3-1-4-8-14/h1-10,16H,11-13H2. The van der Waals surface area contributed by atoms with Crippen LogP contribution in [-0.2, 0) is 11.3 Å². The lowest BCUT2D eigenvalue weighted by molar-refractivity contribution is 0.144. The molecule has 1 aliphatic heterocycles. The SMILES string of the molecule is O=C(Oc1ccccc1)N(Cc1ccccc1)CC1CO1. The quantitative estimate of drug-likeness (QED) is 0.792. The maximum absolute atomic E-state index is 12.3. The third kappa shape index (κ3) is 4.07. The molecule has 1 saturated heterocycles. The van der Waals surface area contributed by atoms with Crippen molar-refractivity contribution in [3.05, 3.63) is 66.2 Å². The number of hydrogen-bond donors (Lipinski definition) is 0. The zero-order valence-corrected chi connectivity index (χ0v) is 11.6. The number of para-hydroxylation sites is 1. The lowest BCUT2D eigenvalue weighted by Crippen LogP contribution is -2.36. The van der Waals surface area contributed by atoms with Crippen molar-refractivity contribution in [3.8, 4) is 5.75 Å². The summed E-state index contributed by atoms with van der Waals surface area (Å²) in [6.07, 6.45) is -0.211. The molecule has 1 atom stereocenters. The van der Waals surface area contributed by atoms with E-state index in [0.29, 0.717) is 25.4 Å². The van der Waals surface area contributed by atoms with Crippen LogP contribution in [0.5, 0.6) is 5.75 Å². The fourth-order valence-corrected chi connectivity index (χ4v) is 2.08. The summed E-state index contributed by atoms with van der Waals surface area (Å²) in [5.41, 5.74) is 1.07. The zero-order valence-electron chi connectivity index (χ0n) is 11.6. The lowest BCUT2D eigenvalue weighted by atomic mass is 10.2. The number of carbonyl (C=O) groups is 1. The van der Waals surface area contributed by atoms with Crippen molar-refractivity contribution < 1.29 is 14.3 Å². The highest BCUT2D eigenvalue weighted by atomic mass is 16.6. The molecule has 0 aliphatic carbocycles. The Morgan fingerprint density at radius 1 is 1.10 bits per heavy atom. The molecule has 1 fully saturated rings. The van der Waals surface area contributed by atoms with Crippen LogP contribution in [-0.4, -0.2) is 30.2 Å². The molecule has 0 aromatic heterocycles. The van der Waals surface area contributed by atoms with Crippen LogP contribution in [0.3, 0.4) is 0 Å². The van der Waals surface area contributed by atoms with Crippen LogP contribution >= 0.6 is 0 Å². The van der Waals surface area contributed by atoms with Crippen molar-refractivity contribution in [1.82, 2.24) is 4.90 Å². The molecule has 21 heavy (non-hydrogen) atoms. The molecule has 1 heterocycles. The van der Waals surface area contributed by atoms with Crippen LogP contribution in [0.15, 0.2) is 60.7 Å². The van der Waals surface area contributed by atoms with Gasteiger partial charge < -0.3 is 14.4 Å². The van der Waals surface area contributed by atoms with Gasteiger partial charge in [0.05, 0.1) is 19.3 Å². The van der Waals surface area contributed by atoms with Gasteiger partial charge in [-0.3, -0.25) is 0 Å². The molecule has 0 saturated carbocycles. The van der Waals surface area contributed by atoms with E-state index in [0.717, 1.165) is 5.56 Å². The maximum Gasteiger partial charge on any atom is 0.415 e. The minimum atomic E-state index is -0.347. The van der Waals surface area contributed by atoms with E-state index < -0.39 is 0 Å². The number of amides is 1. The summed E-state index contributed by atoms with van der Waals surface area (Å²) in [6, 6.07) is 19.0. The summed E-state index contributed by atoms with van der Waals surface area (Å²) in [6.45, 7) is 1.79. The van der Waals surface area contributed by atoms with Crippen molar-refractivity contribution in [2.75, 3.05) is 13.2 Å². The van der Waals surface area contributed by atoms with Gasteiger partial charge in [-0.1, -0.05) is 48.5 Å². The fourth-order valence-electron chi connectivity index (χ4n) is 2.08. The molecule has 0 N–H and O–H groups in total. The summed E-state index contributed by atoms with van der Waals surface area (Å²) in [7, 11) is 0. The highest BCUT2D eigenvalue weighted by Gasteiger charge is 2.29. The second kappa shape index (κ2) is 6.41. The number of rotatable bonds is 5. The lowest BCUT2D eigenvalue weighted by Gasteiger charge is -2.21. The van der Waals surface area contributed by atoms with Crippen LogP contribution in [0.4, 0.5) is 4.79 Å². The molecule has 1 unspecified atom stereocenters. The molecular formula is C17H17NO3. The maximum atomic E-state index is 12.3. The first-order chi connectivity index (χ1) is 10.3. The molecule has 0 bridgehead atoms. The molecule has 1 amide bonds. The molecule has 1 aliphatic rings. The van der Waals surface area contributed by atoms with Crippen molar-refractivity contribution in [2.45, 2.75) is 12.6 Å². The van der Waals surface area contributed by atoms with Gasteiger partial charge in [-0.15, -0.1) is 0 Å². The van der Waals surface area contributed by atoms with Crippen LogP contribution in [0, 0.1) is 0 Å². The number of nitrogens with zero attached hydrogens (tertiary/aromatic N) is 1. The normalized spacial score (nSPS) is 16.3. The van der Waals surface area contributed by atoms with Crippen molar-refractivity contribution in [3.63, 3.8) is 0 Å². The van der Waals surface area contributed by atoms with Crippen molar-refractivity contribution >= 4 is 6.09 Å². The number of benzene rings is 2. The van der Waals surface area contributed by atoms with Gasteiger partial charge in [0.1, 0.15) is 5.75 Å². The first-order valence-electron chi connectivity index (χ1n) is 6.98. The number of epoxide rings is 1. The van der Waals surface area contributed by atoms with Gasteiger partial charge in [-0.05, 0) is 17.7 Å². The van der Waals surface area contributed by atoms with Crippen LogP contribution in [0.1, 0.15) is 5.56 Å². The number of hydrogen-bond acceptors (Lipinski definition) is 3. The summed E-state index contributed by atoms with van der Waals surface area (Å²) in [4.78, 5) is 14.0. The van der Waals surface area contributed by atoms with E-state index in [1.807, 2.05) is 48.5 Å². The highest BCUT2D eigenvalue weighted by molar-refractivity contribution is 5.70. The second-order valence-corrected chi connectivity index (χ2v) is 5.00. The van der Waals surface area contributed by atoms with Gasteiger partial charge >= 0.3 is 6.09 Å². The van der Waals surface area contributed by atoms with Gasteiger partial charge in [0.2, 0.25) is 0 Å². The first-order valence-corrected chi connectivity index (χ1v) is 6.98. The van der Waals surface area contributed by atoms with Gasteiger partial charge in [0, 0.05) is 6.54 Å². The van der Waals surface area contributed by atoms with E-state index in [-0.39, 0.29) is 12.2 Å². The number of ether oxygens (including phenoxy) is 2. The Morgan fingerprint density at radius 2 is 1.71 bits per heavy atom. The molecular weight excluding hydrogens is 266 g/mol. The smallest absolute Gasteiger partial charge is 0.410 e. The van der Waals surface area contributed by atoms with Crippen LogP contribution < -0.4 is 4.74 Å². The largest absolute Gasteiger partial charge is 0.415 e. The minimum Gasteiger partial charge on any atom is -0.410 e. The average Bonchev–Trinajstić information content (AvgIpc) is 3.33.